The standard InChI is InChI=1S/C9H14O3/c1-11-8-3-7(6-10)4-9(5-8)12-2/h3-4,7,10H,5-6H2,1-2H3. The zero-order valence-corrected chi connectivity index (χ0v) is 7.41. The van der Waals surface area contributed by atoms with Crippen LogP contribution >= 0.6 is 0 Å². The van der Waals surface area contributed by atoms with Crippen LogP contribution in [0.2, 0.25) is 0 Å². The summed E-state index contributed by atoms with van der Waals surface area (Å²) in [5, 5.41) is 8.92. The molecule has 1 N–H and O–H groups in total. The Hall–Kier alpha value is -0.960. The maximum absolute atomic E-state index is 8.92. The van der Waals surface area contributed by atoms with Gasteiger partial charge in [-0.2, -0.15) is 0 Å². The van der Waals surface area contributed by atoms with Gasteiger partial charge in [-0.25, -0.2) is 0 Å². The van der Waals surface area contributed by atoms with E-state index < -0.39 is 0 Å². The van der Waals surface area contributed by atoms with Crippen molar-refractivity contribution in [1.29, 1.82) is 0 Å². The van der Waals surface area contributed by atoms with Gasteiger partial charge in [0.2, 0.25) is 0 Å². The molecule has 1 aliphatic rings. The van der Waals surface area contributed by atoms with Crippen LogP contribution in [0, 0.1) is 5.92 Å². The lowest BCUT2D eigenvalue weighted by atomic mass is 10.0. The molecule has 0 unspecified atom stereocenters. The van der Waals surface area contributed by atoms with E-state index in [4.69, 9.17) is 14.6 Å². The molecule has 1 rings (SSSR count). The molecule has 0 saturated carbocycles. The van der Waals surface area contributed by atoms with Crippen molar-refractivity contribution >= 4 is 0 Å². The predicted octanol–water partition coefficient (Wildman–Crippen LogP) is 1.06. The summed E-state index contributed by atoms with van der Waals surface area (Å²) in [5.41, 5.74) is 0. The van der Waals surface area contributed by atoms with Gasteiger partial charge in [-0.05, 0) is 12.2 Å². The molecule has 0 spiro atoms. The SMILES string of the molecule is COC1=CC(CO)C=C(OC)C1. The van der Waals surface area contributed by atoms with E-state index in [2.05, 4.69) is 0 Å². The van der Waals surface area contributed by atoms with Crippen molar-refractivity contribution in [2.75, 3.05) is 20.8 Å². The molecule has 68 valence electrons. The van der Waals surface area contributed by atoms with Crippen molar-refractivity contribution in [3.05, 3.63) is 23.7 Å². The van der Waals surface area contributed by atoms with E-state index in [9.17, 15) is 0 Å². The van der Waals surface area contributed by atoms with Crippen molar-refractivity contribution in [3.8, 4) is 0 Å². The topological polar surface area (TPSA) is 38.7 Å². The first-order valence-corrected chi connectivity index (χ1v) is 3.90. The Labute approximate surface area is 72.3 Å². The molecule has 0 radical (unpaired) electrons. The molecule has 0 aromatic heterocycles. The molecule has 3 nitrogen and oxygen atoms in total. The molecular formula is C9H14O3. The fourth-order valence-corrected chi connectivity index (χ4v) is 1.20. The molecule has 1 aliphatic carbocycles. The minimum absolute atomic E-state index is 0.0312. The van der Waals surface area contributed by atoms with Gasteiger partial charge in [-0.3, -0.25) is 0 Å². The van der Waals surface area contributed by atoms with Gasteiger partial charge < -0.3 is 14.6 Å². The second-order valence-electron chi connectivity index (χ2n) is 2.70. The van der Waals surface area contributed by atoms with Crippen LogP contribution in [0.15, 0.2) is 23.7 Å². The Morgan fingerprint density at radius 2 is 1.83 bits per heavy atom. The summed E-state index contributed by atoms with van der Waals surface area (Å²) in [6.45, 7) is 0.0969. The monoisotopic (exact) mass is 170 g/mol. The van der Waals surface area contributed by atoms with E-state index in [1.807, 2.05) is 12.2 Å². The van der Waals surface area contributed by atoms with Gasteiger partial charge in [0, 0.05) is 5.92 Å². The summed E-state index contributed by atoms with van der Waals surface area (Å²) in [6.07, 6.45) is 4.49. The van der Waals surface area contributed by atoms with Crippen molar-refractivity contribution < 1.29 is 14.6 Å². The van der Waals surface area contributed by atoms with E-state index in [-0.39, 0.29) is 12.5 Å². The molecule has 0 saturated heterocycles. The molecule has 12 heavy (non-hydrogen) atoms. The number of ether oxygens (including phenoxy) is 2. The largest absolute Gasteiger partial charge is 0.501 e. The first kappa shape index (κ1) is 9.13. The lowest BCUT2D eigenvalue weighted by molar-refractivity contribution is 0.214. The maximum Gasteiger partial charge on any atom is 0.0997 e. The van der Waals surface area contributed by atoms with Gasteiger partial charge in [0.05, 0.1) is 38.8 Å². The molecule has 0 heterocycles. The van der Waals surface area contributed by atoms with Gasteiger partial charge in [0.1, 0.15) is 0 Å². The summed E-state index contributed by atoms with van der Waals surface area (Å²) in [6, 6.07) is 0. The van der Waals surface area contributed by atoms with Crippen LogP contribution in [-0.2, 0) is 9.47 Å². The number of hydrogen-bond donors (Lipinski definition) is 1. The van der Waals surface area contributed by atoms with Crippen LogP contribution in [-0.4, -0.2) is 25.9 Å². The van der Waals surface area contributed by atoms with Crippen LogP contribution in [0.25, 0.3) is 0 Å². The lowest BCUT2D eigenvalue weighted by Crippen LogP contribution is -2.09. The van der Waals surface area contributed by atoms with E-state index in [1.54, 1.807) is 14.2 Å². The molecule has 0 fully saturated rings. The second kappa shape index (κ2) is 4.16. The zero-order valence-electron chi connectivity index (χ0n) is 7.41. The fourth-order valence-electron chi connectivity index (χ4n) is 1.20. The summed E-state index contributed by atoms with van der Waals surface area (Å²) in [7, 11) is 3.25. The Bertz CT molecular complexity index is 186. The zero-order chi connectivity index (χ0) is 8.97. The predicted molar refractivity (Wildman–Crippen MR) is 45.4 cm³/mol. The highest BCUT2D eigenvalue weighted by molar-refractivity contribution is 5.18. The molecule has 0 aromatic rings. The van der Waals surface area contributed by atoms with Gasteiger partial charge in [0.15, 0.2) is 0 Å². The van der Waals surface area contributed by atoms with Crippen LogP contribution in [0.1, 0.15) is 6.42 Å². The smallest absolute Gasteiger partial charge is 0.0997 e. The average molecular weight is 170 g/mol. The molecule has 0 amide bonds. The minimum atomic E-state index is 0.0312. The molecular weight excluding hydrogens is 156 g/mol. The first-order valence-electron chi connectivity index (χ1n) is 3.90. The number of rotatable bonds is 3. The highest BCUT2D eigenvalue weighted by Gasteiger charge is 2.14. The van der Waals surface area contributed by atoms with Gasteiger partial charge >= 0.3 is 0 Å². The summed E-state index contributed by atoms with van der Waals surface area (Å²) >= 11 is 0. The summed E-state index contributed by atoms with van der Waals surface area (Å²) in [5.74, 6) is 1.74. The van der Waals surface area contributed by atoms with Crippen molar-refractivity contribution in [3.63, 3.8) is 0 Å². The van der Waals surface area contributed by atoms with E-state index in [1.165, 1.54) is 0 Å². The average Bonchev–Trinajstić information content (AvgIpc) is 2.16. The highest BCUT2D eigenvalue weighted by atomic mass is 16.5. The molecule has 0 atom stereocenters. The van der Waals surface area contributed by atoms with Crippen LogP contribution in [0.3, 0.4) is 0 Å². The van der Waals surface area contributed by atoms with Gasteiger partial charge in [0.25, 0.3) is 0 Å². The van der Waals surface area contributed by atoms with Crippen LogP contribution < -0.4 is 0 Å². The molecule has 0 aliphatic heterocycles. The van der Waals surface area contributed by atoms with Gasteiger partial charge in [-0.15, -0.1) is 0 Å². The third-order valence-corrected chi connectivity index (χ3v) is 1.88. The maximum atomic E-state index is 8.92. The van der Waals surface area contributed by atoms with E-state index >= 15 is 0 Å². The molecule has 0 aromatic carbocycles. The van der Waals surface area contributed by atoms with E-state index in [0.717, 1.165) is 11.5 Å². The molecule has 0 bridgehead atoms. The third-order valence-electron chi connectivity index (χ3n) is 1.88. The van der Waals surface area contributed by atoms with Crippen molar-refractivity contribution in [2.45, 2.75) is 6.42 Å². The highest BCUT2D eigenvalue weighted by Crippen LogP contribution is 2.22. The minimum Gasteiger partial charge on any atom is -0.501 e. The summed E-state index contributed by atoms with van der Waals surface area (Å²) in [4.78, 5) is 0. The lowest BCUT2D eigenvalue weighted by Gasteiger charge is -2.17. The number of aliphatic hydroxyl groups excluding tert-OH is 1. The number of hydrogen-bond acceptors (Lipinski definition) is 3. The third kappa shape index (κ3) is 2.01. The van der Waals surface area contributed by atoms with Crippen LogP contribution in [0.5, 0.6) is 0 Å². The fraction of sp³-hybridized carbons (Fsp3) is 0.556. The van der Waals surface area contributed by atoms with Crippen molar-refractivity contribution in [1.82, 2.24) is 0 Å². The Morgan fingerprint density at radius 3 is 2.17 bits per heavy atom. The quantitative estimate of drug-likeness (QED) is 0.688. The number of aliphatic hydroxyl groups is 1. The number of methoxy groups -OCH3 is 2. The summed E-state index contributed by atoms with van der Waals surface area (Å²) < 4.78 is 10.2. The van der Waals surface area contributed by atoms with E-state index in [0.29, 0.717) is 6.42 Å². The van der Waals surface area contributed by atoms with Gasteiger partial charge in [-0.1, -0.05) is 0 Å². The second-order valence-corrected chi connectivity index (χ2v) is 2.70. The first-order chi connectivity index (χ1) is 5.80. The Kier molecular flexibility index (Phi) is 3.17. The molecule has 3 heteroatoms. The van der Waals surface area contributed by atoms with Crippen molar-refractivity contribution in [2.24, 2.45) is 5.92 Å². The van der Waals surface area contributed by atoms with Crippen LogP contribution in [0.4, 0.5) is 0 Å². The Balaban J connectivity index is 2.67. The Morgan fingerprint density at radius 1 is 1.33 bits per heavy atom. The normalized spacial score (nSPS) is 18.2.